The van der Waals surface area contributed by atoms with Gasteiger partial charge in [0.05, 0.1) is 18.2 Å². The molecule has 0 radical (unpaired) electrons. The van der Waals surface area contributed by atoms with Crippen molar-refractivity contribution < 1.29 is 27.8 Å². The van der Waals surface area contributed by atoms with Crippen LogP contribution >= 0.6 is 0 Å². The van der Waals surface area contributed by atoms with Crippen LogP contribution in [0.4, 0.5) is 13.6 Å². The van der Waals surface area contributed by atoms with Gasteiger partial charge in [-0.3, -0.25) is 0 Å². The third-order valence-corrected chi connectivity index (χ3v) is 3.21. The van der Waals surface area contributed by atoms with Gasteiger partial charge < -0.3 is 20.1 Å². The van der Waals surface area contributed by atoms with Gasteiger partial charge in [-0.2, -0.15) is 8.78 Å². The molecule has 0 unspecified atom stereocenters. The van der Waals surface area contributed by atoms with Gasteiger partial charge in [0.2, 0.25) is 0 Å². The van der Waals surface area contributed by atoms with E-state index in [-0.39, 0.29) is 23.5 Å². The molecule has 2 rings (SSSR count). The smallest absolute Gasteiger partial charge is 0.387 e. The standard InChI is InChI=1S/C15H16F2N2O4/c1-3-22-13(20)11-8(2)18-15(21)19-12(11)9-6-4-5-7-10(9)23-14(16)17/h4-7,12,14H,3H2,1-2H3,(H2,18,19,21)/t12-/m1/s1. The van der Waals surface area contributed by atoms with Crippen molar-refractivity contribution in [1.29, 1.82) is 0 Å². The fourth-order valence-electron chi connectivity index (χ4n) is 2.33. The van der Waals surface area contributed by atoms with E-state index in [1.807, 2.05) is 0 Å². The number of alkyl halides is 2. The van der Waals surface area contributed by atoms with Gasteiger partial charge in [-0.05, 0) is 19.9 Å². The number of benzene rings is 1. The molecule has 2 N–H and O–H groups in total. The lowest BCUT2D eigenvalue weighted by molar-refractivity contribution is -0.139. The van der Waals surface area contributed by atoms with E-state index in [0.29, 0.717) is 5.70 Å². The molecule has 8 heteroatoms. The van der Waals surface area contributed by atoms with Crippen LogP contribution in [0.1, 0.15) is 25.5 Å². The maximum atomic E-state index is 12.6. The highest BCUT2D eigenvalue weighted by Gasteiger charge is 2.34. The highest BCUT2D eigenvalue weighted by atomic mass is 19.3. The molecule has 0 spiro atoms. The normalized spacial score (nSPS) is 17.6. The molecule has 1 aliphatic heterocycles. The van der Waals surface area contributed by atoms with Gasteiger partial charge in [0.1, 0.15) is 5.75 Å². The summed E-state index contributed by atoms with van der Waals surface area (Å²) in [5.74, 6) is -0.765. The van der Waals surface area contributed by atoms with Gasteiger partial charge >= 0.3 is 18.6 Å². The minimum atomic E-state index is -3.02. The SMILES string of the molecule is CCOC(=O)C1=C(C)NC(=O)N[C@@H]1c1ccccc1OC(F)F. The summed E-state index contributed by atoms with van der Waals surface area (Å²) in [6, 6.07) is 4.46. The average molecular weight is 326 g/mol. The molecule has 0 bridgehead atoms. The average Bonchev–Trinajstić information content (AvgIpc) is 2.46. The van der Waals surface area contributed by atoms with E-state index in [1.165, 1.54) is 25.1 Å². The number of ether oxygens (including phenoxy) is 2. The second-order valence-electron chi connectivity index (χ2n) is 4.71. The molecule has 1 heterocycles. The third-order valence-electron chi connectivity index (χ3n) is 3.21. The summed E-state index contributed by atoms with van der Waals surface area (Å²) in [4.78, 5) is 23.9. The van der Waals surface area contributed by atoms with Crippen molar-refractivity contribution >= 4 is 12.0 Å². The number of nitrogens with one attached hydrogen (secondary N) is 2. The van der Waals surface area contributed by atoms with Crippen molar-refractivity contribution in [2.24, 2.45) is 0 Å². The molecule has 124 valence electrons. The van der Waals surface area contributed by atoms with E-state index in [1.54, 1.807) is 13.0 Å². The van der Waals surface area contributed by atoms with Crippen molar-refractivity contribution in [2.75, 3.05) is 6.61 Å². The van der Waals surface area contributed by atoms with Crippen molar-refractivity contribution in [2.45, 2.75) is 26.5 Å². The number of amides is 2. The fraction of sp³-hybridized carbons (Fsp3) is 0.333. The summed E-state index contributed by atoms with van der Waals surface area (Å²) in [6.45, 7) is 0.301. The Balaban J connectivity index is 2.48. The van der Waals surface area contributed by atoms with Crippen molar-refractivity contribution in [3.8, 4) is 5.75 Å². The Morgan fingerprint density at radius 1 is 1.35 bits per heavy atom. The Labute approximate surface area is 131 Å². The highest BCUT2D eigenvalue weighted by Crippen LogP contribution is 2.34. The number of carbonyl (C=O) groups is 2. The molecule has 0 aliphatic carbocycles. The van der Waals surface area contributed by atoms with Gasteiger partial charge in [-0.25, -0.2) is 9.59 Å². The lowest BCUT2D eigenvalue weighted by Crippen LogP contribution is -2.45. The van der Waals surface area contributed by atoms with Gasteiger partial charge in [0.25, 0.3) is 0 Å². The zero-order valence-corrected chi connectivity index (χ0v) is 12.6. The van der Waals surface area contributed by atoms with E-state index in [2.05, 4.69) is 15.4 Å². The highest BCUT2D eigenvalue weighted by molar-refractivity contribution is 5.95. The van der Waals surface area contributed by atoms with Gasteiger partial charge in [-0.15, -0.1) is 0 Å². The van der Waals surface area contributed by atoms with E-state index < -0.39 is 24.7 Å². The van der Waals surface area contributed by atoms with Crippen molar-refractivity contribution in [1.82, 2.24) is 10.6 Å². The molecule has 1 aromatic carbocycles. The summed E-state index contributed by atoms with van der Waals surface area (Å²) in [5, 5.41) is 5.00. The molecule has 1 atom stereocenters. The topological polar surface area (TPSA) is 76.7 Å². The largest absolute Gasteiger partial charge is 0.463 e. The molecule has 6 nitrogen and oxygen atoms in total. The summed E-state index contributed by atoms with van der Waals surface area (Å²) < 4.78 is 34.6. The number of rotatable bonds is 5. The first-order valence-corrected chi connectivity index (χ1v) is 6.93. The molecular formula is C15H16F2N2O4. The first kappa shape index (κ1) is 16.7. The summed E-state index contributed by atoms with van der Waals surface area (Å²) in [5.41, 5.74) is 0.672. The second-order valence-corrected chi connectivity index (χ2v) is 4.71. The van der Waals surface area contributed by atoms with Crippen LogP contribution in [-0.4, -0.2) is 25.2 Å². The number of halogens is 2. The Hall–Kier alpha value is -2.64. The first-order valence-electron chi connectivity index (χ1n) is 6.93. The summed E-state index contributed by atoms with van der Waals surface area (Å²) in [6.07, 6.45) is 0. The predicted octanol–water partition coefficient (Wildman–Crippen LogP) is 2.48. The van der Waals surface area contributed by atoms with Crippen LogP contribution in [0.3, 0.4) is 0 Å². The van der Waals surface area contributed by atoms with Gasteiger partial charge in [0, 0.05) is 11.3 Å². The molecule has 0 saturated heterocycles. The quantitative estimate of drug-likeness (QED) is 0.815. The molecule has 23 heavy (non-hydrogen) atoms. The Bertz CT molecular complexity index is 646. The van der Waals surface area contributed by atoms with Crippen LogP contribution < -0.4 is 15.4 Å². The minimum absolute atomic E-state index is 0.121. The number of urea groups is 1. The summed E-state index contributed by atoms with van der Waals surface area (Å²) >= 11 is 0. The van der Waals surface area contributed by atoms with Crippen LogP contribution in [-0.2, 0) is 9.53 Å². The molecule has 0 fully saturated rings. The van der Waals surface area contributed by atoms with E-state index in [0.717, 1.165) is 0 Å². The maximum absolute atomic E-state index is 12.6. The Kier molecular flexibility index (Phi) is 5.15. The number of hydrogen-bond acceptors (Lipinski definition) is 4. The molecule has 0 saturated carbocycles. The number of para-hydroxylation sites is 1. The number of hydrogen-bond donors (Lipinski definition) is 2. The zero-order valence-electron chi connectivity index (χ0n) is 12.6. The lowest BCUT2D eigenvalue weighted by Gasteiger charge is -2.29. The Morgan fingerprint density at radius 2 is 2.04 bits per heavy atom. The molecule has 0 aromatic heterocycles. The minimum Gasteiger partial charge on any atom is -0.463 e. The van der Waals surface area contributed by atoms with Crippen LogP contribution in [0.2, 0.25) is 0 Å². The zero-order chi connectivity index (χ0) is 17.0. The van der Waals surface area contributed by atoms with Crippen LogP contribution in [0.15, 0.2) is 35.5 Å². The Morgan fingerprint density at radius 3 is 2.70 bits per heavy atom. The number of allylic oxidation sites excluding steroid dienone is 1. The predicted molar refractivity (Wildman–Crippen MR) is 76.8 cm³/mol. The van der Waals surface area contributed by atoms with Crippen LogP contribution in [0, 0.1) is 0 Å². The van der Waals surface area contributed by atoms with E-state index in [9.17, 15) is 18.4 Å². The van der Waals surface area contributed by atoms with Crippen molar-refractivity contribution in [3.05, 3.63) is 41.1 Å². The molecule has 1 aromatic rings. The first-order chi connectivity index (χ1) is 10.9. The molecule has 1 aliphatic rings. The monoisotopic (exact) mass is 326 g/mol. The van der Waals surface area contributed by atoms with Crippen molar-refractivity contribution in [3.63, 3.8) is 0 Å². The van der Waals surface area contributed by atoms with E-state index >= 15 is 0 Å². The summed E-state index contributed by atoms with van der Waals surface area (Å²) in [7, 11) is 0. The number of carbonyl (C=O) groups excluding carboxylic acids is 2. The van der Waals surface area contributed by atoms with Crippen LogP contribution in [0.5, 0.6) is 5.75 Å². The molecular weight excluding hydrogens is 310 g/mol. The lowest BCUT2D eigenvalue weighted by atomic mass is 9.95. The van der Waals surface area contributed by atoms with Gasteiger partial charge in [0.15, 0.2) is 0 Å². The van der Waals surface area contributed by atoms with Crippen LogP contribution in [0.25, 0.3) is 0 Å². The second kappa shape index (κ2) is 7.08. The fourth-order valence-corrected chi connectivity index (χ4v) is 2.33. The maximum Gasteiger partial charge on any atom is 0.387 e. The number of esters is 1. The molecule has 2 amide bonds. The van der Waals surface area contributed by atoms with Gasteiger partial charge in [-0.1, -0.05) is 18.2 Å². The van der Waals surface area contributed by atoms with E-state index in [4.69, 9.17) is 4.74 Å². The third kappa shape index (κ3) is 3.77.